The normalized spacial score (nSPS) is 12.2. The van der Waals surface area contributed by atoms with E-state index in [4.69, 9.17) is 5.73 Å². The lowest BCUT2D eigenvalue weighted by Gasteiger charge is -2.26. The molecular weight excluding hydrogens is 365 g/mol. The van der Waals surface area contributed by atoms with Gasteiger partial charge in [-0.05, 0) is 49.3 Å². The number of hydrogen-bond donors (Lipinski definition) is 2. The SMILES string of the molecule is CCCCNc1nc(N)nc(C)c1CCC(C)(C)c1ccc(C(F)(F)F)cc1. The van der Waals surface area contributed by atoms with Crippen LogP contribution in [0.15, 0.2) is 24.3 Å². The second-order valence-corrected chi connectivity index (χ2v) is 7.73. The first-order valence-electron chi connectivity index (χ1n) is 9.59. The highest BCUT2D eigenvalue weighted by molar-refractivity contribution is 5.49. The maximum Gasteiger partial charge on any atom is 0.416 e. The minimum atomic E-state index is -4.32. The molecule has 0 amide bonds. The molecule has 1 heterocycles. The molecule has 4 nitrogen and oxygen atoms in total. The van der Waals surface area contributed by atoms with Crippen LogP contribution in [0.1, 0.15) is 62.4 Å². The molecule has 0 aliphatic carbocycles. The Balaban J connectivity index is 2.17. The maximum absolute atomic E-state index is 12.8. The van der Waals surface area contributed by atoms with Gasteiger partial charge in [-0.3, -0.25) is 0 Å². The first-order valence-corrected chi connectivity index (χ1v) is 9.59. The molecule has 0 saturated heterocycles. The molecule has 154 valence electrons. The molecule has 1 aromatic heterocycles. The summed E-state index contributed by atoms with van der Waals surface area (Å²) in [6.07, 6.45) is -0.772. The number of aryl methyl sites for hydroxylation is 1. The summed E-state index contributed by atoms with van der Waals surface area (Å²) < 4.78 is 38.4. The van der Waals surface area contributed by atoms with Gasteiger partial charge in [-0.25, -0.2) is 4.98 Å². The number of hydrogen-bond acceptors (Lipinski definition) is 4. The van der Waals surface area contributed by atoms with Crippen LogP contribution in [0.4, 0.5) is 24.9 Å². The molecule has 0 unspecified atom stereocenters. The van der Waals surface area contributed by atoms with Crippen molar-refractivity contribution in [2.75, 3.05) is 17.6 Å². The molecule has 0 aliphatic heterocycles. The lowest BCUT2D eigenvalue weighted by molar-refractivity contribution is -0.137. The molecule has 3 N–H and O–H groups in total. The van der Waals surface area contributed by atoms with Crippen molar-refractivity contribution in [3.8, 4) is 0 Å². The van der Waals surface area contributed by atoms with Crippen LogP contribution in [0.2, 0.25) is 0 Å². The average Bonchev–Trinajstić information content (AvgIpc) is 2.60. The summed E-state index contributed by atoms with van der Waals surface area (Å²) in [5.74, 6) is 0.990. The summed E-state index contributed by atoms with van der Waals surface area (Å²) in [5, 5.41) is 3.34. The number of benzene rings is 1. The van der Waals surface area contributed by atoms with Crippen LogP contribution in [-0.4, -0.2) is 16.5 Å². The van der Waals surface area contributed by atoms with Gasteiger partial charge in [-0.15, -0.1) is 0 Å². The molecular formula is C21H29F3N4. The van der Waals surface area contributed by atoms with E-state index in [0.717, 1.165) is 60.6 Å². The quantitative estimate of drug-likeness (QED) is 0.580. The molecule has 0 atom stereocenters. The fraction of sp³-hybridized carbons (Fsp3) is 0.524. The first kappa shape index (κ1) is 22.0. The van der Waals surface area contributed by atoms with Gasteiger partial charge in [-0.1, -0.05) is 39.3 Å². The Hall–Kier alpha value is -2.31. The Morgan fingerprint density at radius 3 is 2.21 bits per heavy atom. The van der Waals surface area contributed by atoms with Gasteiger partial charge in [0, 0.05) is 17.8 Å². The third-order valence-electron chi connectivity index (χ3n) is 5.05. The van der Waals surface area contributed by atoms with Crippen molar-refractivity contribution in [1.29, 1.82) is 0 Å². The van der Waals surface area contributed by atoms with Gasteiger partial charge >= 0.3 is 6.18 Å². The van der Waals surface area contributed by atoms with Crippen molar-refractivity contribution in [2.45, 2.75) is 65.0 Å². The second-order valence-electron chi connectivity index (χ2n) is 7.73. The van der Waals surface area contributed by atoms with Gasteiger partial charge in [0.2, 0.25) is 5.95 Å². The Bertz CT molecular complexity index is 783. The Morgan fingerprint density at radius 1 is 1.04 bits per heavy atom. The minimum absolute atomic E-state index is 0.238. The molecule has 28 heavy (non-hydrogen) atoms. The van der Waals surface area contributed by atoms with Crippen LogP contribution < -0.4 is 11.1 Å². The van der Waals surface area contributed by atoms with Crippen LogP contribution in [0.5, 0.6) is 0 Å². The number of nitrogens with zero attached hydrogens (tertiary/aromatic N) is 2. The van der Waals surface area contributed by atoms with Crippen molar-refractivity contribution in [1.82, 2.24) is 9.97 Å². The van der Waals surface area contributed by atoms with Crippen LogP contribution >= 0.6 is 0 Å². The second kappa shape index (κ2) is 8.80. The van der Waals surface area contributed by atoms with E-state index >= 15 is 0 Å². The Kier molecular flexibility index (Phi) is 6.91. The van der Waals surface area contributed by atoms with Gasteiger partial charge in [-0.2, -0.15) is 18.2 Å². The highest BCUT2D eigenvalue weighted by atomic mass is 19.4. The zero-order valence-corrected chi connectivity index (χ0v) is 17.0. The molecule has 2 aromatic rings. The molecule has 0 aliphatic rings. The Morgan fingerprint density at radius 2 is 1.64 bits per heavy atom. The molecule has 0 spiro atoms. The number of aromatic nitrogens is 2. The number of anilines is 2. The predicted octanol–water partition coefficient (Wildman–Crippen LogP) is 5.51. The maximum atomic E-state index is 12.8. The zero-order valence-electron chi connectivity index (χ0n) is 17.0. The first-order chi connectivity index (χ1) is 13.0. The minimum Gasteiger partial charge on any atom is -0.370 e. The van der Waals surface area contributed by atoms with Gasteiger partial charge < -0.3 is 11.1 Å². The third kappa shape index (κ3) is 5.59. The number of rotatable bonds is 8. The van der Waals surface area contributed by atoms with Crippen LogP contribution in [-0.2, 0) is 18.0 Å². The standard InChI is InChI=1S/C21H29F3N4/c1-5-6-13-26-18-17(14(2)27-19(25)28-18)11-12-20(3,4)15-7-9-16(10-8-15)21(22,23)24/h7-10H,5-6,11-13H2,1-4H3,(H3,25,26,27,28). The number of nitrogens with one attached hydrogen (secondary N) is 1. The van der Waals surface area contributed by atoms with Gasteiger partial charge in [0.1, 0.15) is 5.82 Å². The van der Waals surface area contributed by atoms with Gasteiger partial charge in [0.05, 0.1) is 5.56 Å². The van der Waals surface area contributed by atoms with Gasteiger partial charge in [0.25, 0.3) is 0 Å². The van der Waals surface area contributed by atoms with Crippen molar-refractivity contribution >= 4 is 11.8 Å². The summed E-state index contributed by atoms with van der Waals surface area (Å²) in [6.45, 7) is 8.90. The van der Waals surface area contributed by atoms with E-state index in [9.17, 15) is 13.2 Å². The molecule has 7 heteroatoms. The molecule has 0 saturated carbocycles. The number of nitrogen functional groups attached to an aromatic ring is 1. The number of halogens is 3. The van der Waals surface area contributed by atoms with Crippen molar-refractivity contribution in [2.24, 2.45) is 0 Å². The summed E-state index contributed by atoms with van der Waals surface area (Å²) >= 11 is 0. The van der Waals surface area contributed by atoms with E-state index in [2.05, 4.69) is 22.2 Å². The molecule has 1 aromatic carbocycles. The summed E-state index contributed by atoms with van der Waals surface area (Å²) in [5.41, 5.74) is 7.58. The van der Waals surface area contributed by atoms with Crippen molar-refractivity contribution in [3.63, 3.8) is 0 Å². The topological polar surface area (TPSA) is 63.8 Å². The van der Waals surface area contributed by atoms with E-state index in [0.29, 0.717) is 6.42 Å². The van der Waals surface area contributed by atoms with Crippen LogP contribution in [0.25, 0.3) is 0 Å². The fourth-order valence-corrected chi connectivity index (χ4v) is 3.14. The van der Waals surface area contributed by atoms with Crippen molar-refractivity contribution in [3.05, 3.63) is 46.6 Å². The van der Waals surface area contributed by atoms with Crippen LogP contribution in [0, 0.1) is 6.92 Å². The number of nitrogens with two attached hydrogens (primary N) is 1. The lowest BCUT2D eigenvalue weighted by atomic mass is 9.79. The summed E-state index contributed by atoms with van der Waals surface area (Å²) in [6, 6.07) is 5.42. The lowest BCUT2D eigenvalue weighted by Crippen LogP contribution is -2.20. The van der Waals surface area contributed by atoms with Crippen molar-refractivity contribution < 1.29 is 13.2 Å². The number of alkyl halides is 3. The Labute approximate surface area is 164 Å². The monoisotopic (exact) mass is 394 g/mol. The molecule has 0 radical (unpaired) electrons. The van der Waals surface area contributed by atoms with Gasteiger partial charge in [0.15, 0.2) is 0 Å². The predicted molar refractivity (Wildman–Crippen MR) is 107 cm³/mol. The van der Waals surface area contributed by atoms with E-state index in [1.165, 1.54) is 0 Å². The van der Waals surface area contributed by atoms with Crippen LogP contribution in [0.3, 0.4) is 0 Å². The fourth-order valence-electron chi connectivity index (χ4n) is 3.14. The van der Waals surface area contributed by atoms with E-state index in [-0.39, 0.29) is 11.4 Å². The average molecular weight is 394 g/mol. The summed E-state index contributed by atoms with van der Waals surface area (Å²) in [4.78, 5) is 8.62. The highest BCUT2D eigenvalue weighted by Gasteiger charge is 2.31. The number of unbranched alkanes of at least 4 members (excludes halogenated alkanes) is 1. The van der Waals surface area contributed by atoms with E-state index in [1.54, 1.807) is 12.1 Å². The molecule has 0 bridgehead atoms. The third-order valence-corrected chi connectivity index (χ3v) is 5.05. The summed E-state index contributed by atoms with van der Waals surface area (Å²) in [7, 11) is 0. The van der Waals surface area contributed by atoms with E-state index < -0.39 is 11.7 Å². The largest absolute Gasteiger partial charge is 0.416 e. The zero-order chi connectivity index (χ0) is 20.9. The molecule has 0 fully saturated rings. The van der Waals surface area contributed by atoms with E-state index in [1.807, 2.05) is 20.8 Å². The highest BCUT2D eigenvalue weighted by Crippen LogP contribution is 2.34. The molecule has 2 rings (SSSR count). The smallest absolute Gasteiger partial charge is 0.370 e.